The Morgan fingerprint density at radius 1 is 1.10 bits per heavy atom. The molecule has 0 saturated carbocycles. The largest absolute Gasteiger partial charge is 0.480 e. The molecule has 0 fully saturated rings. The summed E-state index contributed by atoms with van der Waals surface area (Å²) in [7, 11) is 0. The molecule has 1 aromatic heterocycles. The van der Waals surface area contributed by atoms with Gasteiger partial charge in [0.1, 0.15) is 12.1 Å². The average Bonchev–Trinajstić information content (AvgIpc) is 3.07. The third-order valence-corrected chi connectivity index (χ3v) is 4.80. The smallest absolute Gasteiger partial charge is 0.326 e. The number of benzene rings is 1. The number of hydrogen-bond donors (Lipinski definition) is 6. The molecule has 1 aromatic carbocycles. The van der Waals surface area contributed by atoms with E-state index in [1.54, 1.807) is 20.0 Å². The predicted octanol–water partition coefficient (Wildman–Crippen LogP) is 0.129. The van der Waals surface area contributed by atoms with Crippen molar-refractivity contribution in [2.75, 3.05) is 0 Å². The zero-order valence-corrected chi connectivity index (χ0v) is 16.7. The Balaban J connectivity index is 2.14. The highest BCUT2D eigenvalue weighted by molar-refractivity contribution is 5.92. The highest BCUT2D eigenvalue weighted by Crippen LogP contribution is 2.19. The second kappa shape index (κ2) is 9.53. The van der Waals surface area contributed by atoms with Crippen LogP contribution in [0.2, 0.25) is 0 Å². The van der Waals surface area contributed by atoms with Crippen LogP contribution in [0.1, 0.15) is 26.3 Å². The van der Waals surface area contributed by atoms with E-state index in [-0.39, 0.29) is 12.3 Å². The Kier molecular flexibility index (Phi) is 7.35. The number of carboxylic acids is 1. The highest BCUT2D eigenvalue weighted by atomic mass is 16.4. The van der Waals surface area contributed by atoms with Crippen molar-refractivity contribution in [2.24, 2.45) is 11.7 Å². The minimum Gasteiger partial charge on any atom is -0.480 e. The summed E-state index contributed by atoms with van der Waals surface area (Å²) in [5, 5.41) is 25.2. The molecular weight excluding hydrogens is 376 g/mol. The van der Waals surface area contributed by atoms with E-state index in [1.165, 1.54) is 6.92 Å². The quantitative estimate of drug-likeness (QED) is 0.349. The number of hydrogen-bond acceptors (Lipinski definition) is 5. The fourth-order valence-electron chi connectivity index (χ4n) is 2.94. The minimum absolute atomic E-state index is 0.0388. The van der Waals surface area contributed by atoms with Crippen LogP contribution in [0.25, 0.3) is 10.9 Å². The fraction of sp³-hybridized carbons (Fsp3) is 0.450. The van der Waals surface area contributed by atoms with E-state index in [9.17, 15) is 24.6 Å². The van der Waals surface area contributed by atoms with E-state index in [1.807, 2.05) is 24.3 Å². The van der Waals surface area contributed by atoms with Crippen LogP contribution in [0.4, 0.5) is 0 Å². The number of carbonyl (C=O) groups is 3. The summed E-state index contributed by atoms with van der Waals surface area (Å²) in [4.78, 5) is 39.6. The molecular formula is C20H28N4O5. The second-order valence-electron chi connectivity index (χ2n) is 7.46. The predicted molar refractivity (Wildman–Crippen MR) is 108 cm³/mol. The lowest BCUT2D eigenvalue weighted by molar-refractivity contribution is -0.142. The second-order valence-corrected chi connectivity index (χ2v) is 7.46. The van der Waals surface area contributed by atoms with Crippen LogP contribution in [-0.2, 0) is 20.8 Å². The average molecular weight is 404 g/mol. The number of H-pyrrole nitrogens is 1. The molecule has 0 aliphatic carbocycles. The van der Waals surface area contributed by atoms with Gasteiger partial charge in [0.25, 0.3) is 0 Å². The van der Waals surface area contributed by atoms with Crippen LogP contribution < -0.4 is 16.4 Å². The Morgan fingerprint density at radius 2 is 1.76 bits per heavy atom. The SMILES string of the molecule is CC(C)C(N)C(=O)NC(C(=O)NC(Cc1c[nH]c2ccccc12)C(=O)O)C(C)O. The van der Waals surface area contributed by atoms with Gasteiger partial charge >= 0.3 is 5.97 Å². The van der Waals surface area contributed by atoms with E-state index in [4.69, 9.17) is 5.73 Å². The molecule has 29 heavy (non-hydrogen) atoms. The molecule has 4 unspecified atom stereocenters. The first-order valence-corrected chi connectivity index (χ1v) is 9.44. The molecule has 0 aliphatic rings. The number of rotatable bonds is 9. The van der Waals surface area contributed by atoms with Crippen LogP contribution in [-0.4, -0.2) is 57.2 Å². The molecule has 0 saturated heterocycles. The van der Waals surface area contributed by atoms with Crippen LogP contribution in [0.15, 0.2) is 30.5 Å². The van der Waals surface area contributed by atoms with Gasteiger partial charge in [0.05, 0.1) is 12.1 Å². The number of aliphatic hydroxyl groups excluding tert-OH is 1. The molecule has 9 heteroatoms. The highest BCUT2D eigenvalue weighted by Gasteiger charge is 2.31. The van der Waals surface area contributed by atoms with Gasteiger partial charge in [0.15, 0.2) is 0 Å². The molecule has 2 rings (SSSR count). The van der Waals surface area contributed by atoms with Gasteiger partial charge in [-0.05, 0) is 24.5 Å². The van der Waals surface area contributed by atoms with E-state index < -0.39 is 42.0 Å². The van der Waals surface area contributed by atoms with Crippen molar-refractivity contribution in [1.82, 2.24) is 15.6 Å². The molecule has 2 aromatic rings. The van der Waals surface area contributed by atoms with Gasteiger partial charge in [-0.3, -0.25) is 9.59 Å². The van der Waals surface area contributed by atoms with Crippen molar-refractivity contribution in [3.05, 3.63) is 36.0 Å². The number of carbonyl (C=O) groups excluding carboxylic acids is 2. The van der Waals surface area contributed by atoms with E-state index in [0.717, 1.165) is 16.5 Å². The van der Waals surface area contributed by atoms with Gasteiger partial charge in [-0.15, -0.1) is 0 Å². The standard InChI is InChI=1S/C20H28N4O5/c1-10(2)16(21)18(26)24-17(11(3)25)19(27)23-15(20(28)29)8-12-9-22-14-7-5-4-6-13(12)14/h4-7,9-11,15-17,22,25H,8,21H2,1-3H3,(H,23,27)(H,24,26)(H,28,29). The number of aliphatic carboxylic acids is 1. The number of nitrogens with two attached hydrogens (primary N) is 1. The van der Waals surface area contributed by atoms with E-state index in [0.29, 0.717) is 0 Å². The van der Waals surface area contributed by atoms with Crippen molar-refractivity contribution in [1.29, 1.82) is 0 Å². The molecule has 7 N–H and O–H groups in total. The number of aromatic amines is 1. The molecule has 4 atom stereocenters. The number of amides is 2. The van der Waals surface area contributed by atoms with Gasteiger partial charge in [-0.25, -0.2) is 4.79 Å². The number of para-hydroxylation sites is 1. The molecule has 9 nitrogen and oxygen atoms in total. The number of carboxylic acid groups (broad SMARTS) is 1. The van der Waals surface area contributed by atoms with Crippen molar-refractivity contribution >= 4 is 28.7 Å². The van der Waals surface area contributed by atoms with Crippen molar-refractivity contribution < 1.29 is 24.6 Å². The first-order chi connectivity index (χ1) is 13.6. The van der Waals surface area contributed by atoms with Gasteiger partial charge in [0, 0.05) is 23.5 Å². The van der Waals surface area contributed by atoms with Gasteiger partial charge in [-0.1, -0.05) is 32.0 Å². The Labute approximate surface area is 168 Å². The number of aliphatic hydroxyl groups is 1. The normalized spacial score (nSPS) is 15.5. The van der Waals surface area contributed by atoms with Crippen LogP contribution in [0, 0.1) is 5.92 Å². The molecule has 0 bridgehead atoms. The van der Waals surface area contributed by atoms with Crippen LogP contribution in [0.3, 0.4) is 0 Å². The van der Waals surface area contributed by atoms with Gasteiger partial charge in [0.2, 0.25) is 11.8 Å². The lowest BCUT2D eigenvalue weighted by atomic mass is 10.0. The zero-order valence-electron chi connectivity index (χ0n) is 16.7. The molecule has 0 aliphatic heterocycles. The third-order valence-electron chi connectivity index (χ3n) is 4.80. The summed E-state index contributed by atoms with van der Waals surface area (Å²) < 4.78 is 0. The Hall–Kier alpha value is -2.91. The van der Waals surface area contributed by atoms with E-state index >= 15 is 0 Å². The summed E-state index contributed by atoms with van der Waals surface area (Å²) in [5.74, 6) is -2.78. The number of fused-ring (bicyclic) bond motifs is 1. The topological polar surface area (TPSA) is 158 Å². The zero-order chi connectivity index (χ0) is 21.7. The van der Waals surface area contributed by atoms with E-state index in [2.05, 4.69) is 15.6 Å². The van der Waals surface area contributed by atoms with Crippen molar-refractivity contribution in [2.45, 2.75) is 51.4 Å². The molecule has 1 heterocycles. The molecule has 2 amide bonds. The lowest BCUT2D eigenvalue weighted by Crippen LogP contribution is -2.59. The maximum Gasteiger partial charge on any atom is 0.326 e. The molecule has 0 radical (unpaired) electrons. The fourth-order valence-corrected chi connectivity index (χ4v) is 2.94. The van der Waals surface area contributed by atoms with Crippen molar-refractivity contribution in [3.63, 3.8) is 0 Å². The summed E-state index contributed by atoms with van der Waals surface area (Å²) in [6.07, 6.45) is 0.500. The molecule has 158 valence electrons. The Bertz CT molecular complexity index is 877. The lowest BCUT2D eigenvalue weighted by Gasteiger charge is -2.25. The summed E-state index contributed by atoms with van der Waals surface area (Å²) in [6, 6.07) is 4.00. The number of aromatic nitrogens is 1. The maximum absolute atomic E-state index is 12.6. The Morgan fingerprint density at radius 3 is 2.34 bits per heavy atom. The monoisotopic (exact) mass is 404 g/mol. The van der Waals surface area contributed by atoms with Crippen LogP contribution >= 0.6 is 0 Å². The third kappa shape index (κ3) is 5.55. The molecule has 0 spiro atoms. The van der Waals surface area contributed by atoms with Gasteiger partial charge < -0.3 is 31.6 Å². The van der Waals surface area contributed by atoms with Crippen molar-refractivity contribution in [3.8, 4) is 0 Å². The minimum atomic E-state index is -1.32. The first kappa shape index (κ1) is 22.4. The van der Waals surface area contributed by atoms with Gasteiger partial charge in [-0.2, -0.15) is 0 Å². The van der Waals surface area contributed by atoms with Crippen LogP contribution in [0.5, 0.6) is 0 Å². The summed E-state index contributed by atoms with van der Waals surface area (Å²) >= 11 is 0. The maximum atomic E-state index is 12.6. The number of nitrogens with one attached hydrogen (secondary N) is 3. The first-order valence-electron chi connectivity index (χ1n) is 9.44. The summed E-state index contributed by atoms with van der Waals surface area (Å²) in [6.45, 7) is 4.84. The summed E-state index contributed by atoms with van der Waals surface area (Å²) in [5.41, 5.74) is 7.36.